The maximum atomic E-state index is 12.5. The van der Waals surface area contributed by atoms with Crippen LogP contribution in [0.3, 0.4) is 0 Å². The van der Waals surface area contributed by atoms with Gasteiger partial charge in [-0.25, -0.2) is 0 Å². The Balaban J connectivity index is 2.40. The fourth-order valence-corrected chi connectivity index (χ4v) is 3.44. The number of nitrogens with zero attached hydrogens (tertiary/aromatic N) is 2. The number of carbonyl (C=O) groups is 3. The quantitative estimate of drug-likeness (QED) is 0.687. The molecule has 2 atom stereocenters. The summed E-state index contributed by atoms with van der Waals surface area (Å²) < 4.78 is 0. The molecule has 0 bridgehead atoms. The van der Waals surface area contributed by atoms with Gasteiger partial charge in [-0.15, -0.1) is 0 Å². The van der Waals surface area contributed by atoms with Gasteiger partial charge in [0.25, 0.3) is 0 Å². The van der Waals surface area contributed by atoms with Gasteiger partial charge in [-0.3, -0.25) is 19.3 Å². The molecule has 1 rings (SSSR count). The smallest absolute Gasteiger partial charge is 0.223 e. The summed E-state index contributed by atoms with van der Waals surface area (Å²) in [6.07, 6.45) is 2.36. The normalized spacial score (nSPS) is 18.1. The molecule has 24 heavy (non-hydrogen) atoms. The third kappa shape index (κ3) is 6.23. The standard InChI is InChI=1S/C18H33N3O3/c1-5-7-17(16(6-2)14(3)22)18(24)19-8-9-20-10-12-21(13-11-20)15(4)23/h16-17H,5-13H2,1-4H3,(H,19,24). The summed E-state index contributed by atoms with van der Waals surface area (Å²) in [7, 11) is 0. The Morgan fingerprint density at radius 2 is 1.62 bits per heavy atom. The molecule has 138 valence electrons. The van der Waals surface area contributed by atoms with E-state index in [1.165, 1.54) is 0 Å². The second-order valence-corrected chi connectivity index (χ2v) is 6.66. The first kappa shape index (κ1) is 20.6. The molecular weight excluding hydrogens is 306 g/mol. The number of Topliss-reactive ketones (excluding diaryl/α,β-unsaturated/α-hetero) is 1. The lowest BCUT2D eigenvalue weighted by molar-refractivity contribution is -0.133. The molecule has 6 nitrogen and oxygen atoms in total. The van der Waals surface area contributed by atoms with E-state index in [9.17, 15) is 14.4 Å². The van der Waals surface area contributed by atoms with Gasteiger partial charge in [0.1, 0.15) is 5.78 Å². The predicted molar refractivity (Wildman–Crippen MR) is 94.6 cm³/mol. The van der Waals surface area contributed by atoms with Crippen LogP contribution < -0.4 is 5.32 Å². The highest BCUT2D eigenvalue weighted by atomic mass is 16.2. The monoisotopic (exact) mass is 339 g/mol. The van der Waals surface area contributed by atoms with Gasteiger partial charge in [-0.05, 0) is 19.8 Å². The van der Waals surface area contributed by atoms with E-state index in [1.54, 1.807) is 13.8 Å². The minimum Gasteiger partial charge on any atom is -0.355 e. The van der Waals surface area contributed by atoms with Crippen molar-refractivity contribution in [3.63, 3.8) is 0 Å². The average molecular weight is 339 g/mol. The fourth-order valence-electron chi connectivity index (χ4n) is 3.44. The van der Waals surface area contributed by atoms with Gasteiger partial charge in [0.2, 0.25) is 11.8 Å². The second kappa shape index (κ2) is 10.4. The summed E-state index contributed by atoms with van der Waals surface area (Å²) in [6.45, 7) is 11.8. The molecule has 1 N–H and O–H groups in total. The SMILES string of the molecule is CCCC(C(=O)NCCN1CCN(C(C)=O)CC1)C(CC)C(C)=O. The number of hydrogen-bond acceptors (Lipinski definition) is 4. The van der Waals surface area contributed by atoms with Crippen LogP contribution in [0.5, 0.6) is 0 Å². The molecule has 1 saturated heterocycles. The first-order valence-corrected chi connectivity index (χ1v) is 9.16. The van der Waals surface area contributed by atoms with E-state index < -0.39 is 0 Å². The summed E-state index contributed by atoms with van der Waals surface area (Å²) in [4.78, 5) is 39.7. The maximum Gasteiger partial charge on any atom is 0.223 e. The Bertz CT molecular complexity index is 431. The lowest BCUT2D eigenvalue weighted by atomic mass is 9.83. The minimum atomic E-state index is -0.216. The van der Waals surface area contributed by atoms with Crippen molar-refractivity contribution in [3.8, 4) is 0 Å². The number of hydrogen-bond donors (Lipinski definition) is 1. The molecule has 1 fully saturated rings. The first-order valence-electron chi connectivity index (χ1n) is 9.16. The molecule has 0 aliphatic carbocycles. The van der Waals surface area contributed by atoms with E-state index in [0.717, 1.165) is 45.6 Å². The Morgan fingerprint density at radius 1 is 1.00 bits per heavy atom. The minimum absolute atomic E-state index is 0.00118. The van der Waals surface area contributed by atoms with Gasteiger partial charge < -0.3 is 10.2 Å². The molecule has 1 heterocycles. The molecule has 0 saturated carbocycles. The van der Waals surface area contributed by atoms with Gasteiger partial charge in [0.05, 0.1) is 0 Å². The number of carbonyl (C=O) groups excluding carboxylic acids is 3. The van der Waals surface area contributed by atoms with Crippen molar-refractivity contribution in [2.45, 2.75) is 47.0 Å². The highest BCUT2D eigenvalue weighted by molar-refractivity contribution is 5.87. The van der Waals surface area contributed by atoms with Crippen molar-refractivity contribution in [1.82, 2.24) is 15.1 Å². The van der Waals surface area contributed by atoms with Gasteiger partial charge in [-0.2, -0.15) is 0 Å². The average Bonchev–Trinajstić information content (AvgIpc) is 2.54. The molecular formula is C18H33N3O3. The Kier molecular flexibility index (Phi) is 8.97. The molecule has 2 unspecified atom stereocenters. The predicted octanol–water partition coefficient (Wildman–Crippen LogP) is 1.30. The number of rotatable bonds is 9. The highest BCUT2D eigenvalue weighted by Gasteiger charge is 2.29. The van der Waals surface area contributed by atoms with Gasteiger partial charge >= 0.3 is 0 Å². The van der Waals surface area contributed by atoms with E-state index in [-0.39, 0.29) is 29.4 Å². The highest BCUT2D eigenvalue weighted by Crippen LogP contribution is 2.22. The van der Waals surface area contributed by atoms with Crippen LogP contribution in [0.2, 0.25) is 0 Å². The molecule has 0 aromatic carbocycles. The van der Waals surface area contributed by atoms with Crippen LogP contribution in [-0.4, -0.2) is 66.7 Å². The number of nitrogens with one attached hydrogen (secondary N) is 1. The summed E-state index contributed by atoms with van der Waals surface area (Å²) in [5, 5.41) is 3.01. The van der Waals surface area contributed by atoms with Crippen molar-refractivity contribution >= 4 is 17.6 Å². The molecule has 6 heteroatoms. The van der Waals surface area contributed by atoms with E-state index in [4.69, 9.17) is 0 Å². The summed E-state index contributed by atoms with van der Waals surface area (Å²) in [5.74, 6) is -0.163. The van der Waals surface area contributed by atoms with Crippen molar-refractivity contribution < 1.29 is 14.4 Å². The topological polar surface area (TPSA) is 69.7 Å². The Labute approximate surface area is 145 Å². The summed E-state index contributed by atoms with van der Waals surface area (Å²) in [5.41, 5.74) is 0. The number of ketones is 1. The molecule has 0 spiro atoms. The Hall–Kier alpha value is -1.43. The van der Waals surface area contributed by atoms with E-state index in [2.05, 4.69) is 10.2 Å². The van der Waals surface area contributed by atoms with Gasteiger partial charge in [0, 0.05) is 58.0 Å². The van der Waals surface area contributed by atoms with Crippen LogP contribution in [0.15, 0.2) is 0 Å². The van der Waals surface area contributed by atoms with Crippen LogP contribution in [-0.2, 0) is 14.4 Å². The van der Waals surface area contributed by atoms with E-state index >= 15 is 0 Å². The molecule has 2 amide bonds. The van der Waals surface area contributed by atoms with Gasteiger partial charge in [-0.1, -0.05) is 20.3 Å². The zero-order valence-corrected chi connectivity index (χ0v) is 15.6. The fraction of sp³-hybridized carbons (Fsp3) is 0.833. The van der Waals surface area contributed by atoms with Crippen molar-refractivity contribution in [2.75, 3.05) is 39.3 Å². The van der Waals surface area contributed by atoms with Gasteiger partial charge in [0.15, 0.2) is 0 Å². The second-order valence-electron chi connectivity index (χ2n) is 6.66. The third-order valence-electron chi connectivity index (χ3n) is 4.93. The lowest BCUT2D eigenvalue weighted by Gasteiger charge is -2.34. The largest absolute Gasteiger partial charge is 0.355 e. The zero-order chi connectivity index (χ0) is 18.1. The summed E-state index contributed by atoms with van der Waals surface area (Å²) >= 11 is 0. The van der Waals surface area contributed by atoms with Crippen molar-refractivity contribution in [2.24, 2.45) is 11.8 Å². The van der Waals surface area contributed by atoms with Crippen molar-refractivity contribution in [3.05, 3.63) is 0 Å². The first-order chi connectivity index (χ1) is 11.4. The van der Waals surface area contributed by atoms with Crippen LogP contribution in [0.25, 0.3) is 0 Å². The molecule has 1 aliphatic rings. The molecule has 0 radical (unpaired) electrons. The number of piperazine rings is 1. The van der Waals surface area contributed by atoms with Crippen LogP contribution in [0, 0.1) is 11.8 Å². The molecule has 0 aromatic rings. The van der Waals surface area contributed by atoms with Crippen LogP contribution in [0.1, 0.15) is 47.0 Å². The third-order valence-corrected chi connectivity index (χ3v) is 4.93. The van der Waals surface area contributed by atoms with Crippen molar-refractivity contribution in [1.29, 1.82) is 0 Å². The van der Waals surface area contributed by atoms with Crippen LogP contribution in [0.4, 0.5) is 0 Å². The maximum absolute atomic E-state index is 12.5. The lowest BCUT2D eigenvalue weighted by Crippen LogP contribution is -2.50. The van der Waals surface area contributed by atoms with E-state index in [0.29, 0.717) is 13.0 Å². The Morgan fingerprint density at radius 3 is 2.08 bits per heavy atom. The summed E-state index contributed by atoms with van der Waals surface area (Å²) in [6, 6.07) is 0. The molecule has 1 aliphatic heterocycles. The molecule has 0 aromatic heterocycles. The zero-order valence-electron chi connectivity index (χ0n) is 15.6. The van der Waals surface area contributed by atoms with E-state index in [1.807, 2.05) is 18.7 Å². The number of amides is 2. The van der Waals surface area contributed by atoms with Crippen LogP contribution >= 0.6 is 0 Å².